The van der Waals surface area contributed by atoms with Crippen LogP contribution in [0.25, 0.3) is 11.4 Å². The van der Waals surface area contributed by atoms with Gasteiger partial charge in [0.15, 0.2) is 11.0 Å². The first-order chi connectivity index (χ1) is 12.5. The van der Waals surface area contributed by atoms with Crippen molar-refractivity contribution in [2.75, 3.05) is 12.3 Å². The molecule has 138 valence electrons. The largest absolute Gasteiger partial charge is 0.338 e. The molecular formula is C17H22N6O2S. The average molecular weight is 374 g/mol. The van der Waals surface area contributed by atoms with E-state index in [0.717, 1.165) is 24.2 Å². The lowest BCUT2D eigenvalue weighted by atomic mass is 10.2. The van der Waals surface area contributed by atoms with E-state index in [1.807, 2.05) is 26.0 Å². The molecule has 0 aliphatic heterocycles. The second-order valence-corrected chi connectivity index (χ2v) is 7.53. The van der Waals surface area contributed by atoms with E-state index in [4.69, 9.17) is 0 Å². The number of carbonyl (C=O) groups excluding carboxylic acids is 2. The monoisotopic (exact) mass is 374 g/mol. The van der Waals surface area contributed by atoms with Crippen molar-refractivity contribution in [2.45, 2.75) is 37.9 Å². The number of amides is 3. The van der Waals surface area contributed by atoms with Crippen LogP contribution < -0.4 is 10.6 Å². The van der Waals surface area contributed by atoms with E-state index in [1.54, 1.807) is 12.4 Å². The van der Waals surface area contributed by atoms with E-state index in [9.17, 15) is 9.59 Å². The normalized spacial score (nSPS) is 13.7. The Bertz CT molecular complexity index is 773. The molecule has 0 atom stereocenters. The first-order valence-electron chi connectivity index (χ1n) is 8.60. The number of pyridine rings is 1. The molecule has 0 bridgehead atoms. The summed E-state index contributed by atoms with van der Waals surface area (Å²) in [7, 11) is 0. The lowest BCUT2D eigenvalue weighted by molar-refractivity contribution is -0.117. The summed E-state index contributed by atoms with van der Waals surface area (Å²) < 4.78 is 2.06. The highest BCUT2D eigenvalue weighted by molar-refractivity contribution is 7.99. The summed E-state index contributed by atoms with van der Waals surface area (Å²) in [5.74, 6) is 0.837. The fourth-order valence-electron chi connectivity index (χ4n) is 2.36. The summed E-state index contributed by atoms with van der Waals surface area (Å²) in [6.45, 7) is 4.50. The van der Waals surface area contributed by atoms with Crippen LogP contribution in [0.5, 0.6) is 0 Å². The Hall–Kier alpha value is -2.42. The minimum atomic E-state index is -0.469. The molecule has 0 unspecified atom stereocenters. The van der Waals surface area contributed by atoms with Crippen molar-refractivity contribution in [1.29, 1.82) is 0 Å². The number of rotatable bonds is 7. The predicted octanol–water partition coefficient (Wildman–Crippen LogP) is 2.25. The van der Waals surface area contributed by atoms with E-state index in [1.165, 1.54) is 11.8 Å². The van der Waals surface area contributed by atoms with Gasteiger partial charge in [0.1, 0.15) is 0 Å². The summed E-state index contributed by atoms with van der Waals surface area (Å²) in [4.78, 5) is 27.8. The first-order valence-corrected chi connectivity index (χ1v) is 9.59. The van der Waals surface area contributed by atoms with Crippen molar-refractivity contribution in [3.05, 3.63) is 24.5 Å². The van der Waals surface area contributed by atoms with Crippen molar-refractivity contribution in [2.24, 2.45) is 5.92 Å². The highest BCUT2D eigenvalue weighted by atomic mass is 32.2. The molecule has 2 aromatic heterocycles. The van der Waals surface area contributed by atoms with E-state index < -0.39 is 6.03 Å². The third-order valence-electron chi connectivity index (χ3n) is 3.75. The van der Waals surface area contributed by atoms with Gasteiger partial charge >= 0.3 is 6.03 Å². The molecule has 1 aliphatic carbocycles. The van der Waals surface area contributed by atoms with E-state index in [0.29, 0.717) is 23.7 Å². The SMILES string of the molecule is CC(C)CNC(=O)NC(=O)CSc1nnc(-c2cccnc2)n1C1CC1. The fraction of sp³-hybridized carbons (Fsp3) is 0.471. The number of nitrogens with one attached hydrogen (secondary N) is 2. The van der Waals surface area contributed by atoms with Gasteiger partial charge in [-0.1, -0.05) is 25.6 Å². The van der Waals surface area contributed by atoms with E-state index in [2.05, 4.69) is 30.4 Å². The lowest BCUT2D eigenvalue weighted by Gasteiger charge is -2.09. The van der Waals surface area contributed by atoms with Crippen molar-refractivity contribution in [3.8, 4) is 11.4 Å². The average Bonchev–Trinajstić information content (AvgIpc) is 3.38. The maximum atomic E-state index is 12.0. The Balaban J connectivity index is 1.61. The van der Waals surface area contributed by atoms with Crippen LogP contribution in [0.2, 0.25) is 0 Å². The van der Waals surface area contributed by atoms with Crippen molar-refractivity contribution in [3.63, 3.8) is 0 Å². The zero-order valence-corrected chi connectivity index (χ0v) is 15.6. The van der Waals surface area contributed by atoms with Gasteiger partial charge in [-0.15, -0.1) is 10.2 Å². The standard InChI is InChI=1S/C17H22N6O2S/c1-11(2)8-19-16(25)20-14(24)10-26-17-22-21-15(23(17)13-5-6-13)12-4-3-7-18-9-12/h3-4,7,9,11,13H,5-6,8,10H2,1-2H3,(H2,19,20,24,25). The van der Waals surface area contributed by atoms with Crippen LogP contribution in [0.3, 0.4) is 0 Å². The van der Waals surface area contributed by atoms with Crippen molar-refractivity contribution >= 4 is 23.7 Å². The highest BCUT2D eigenvalue weighted by Gasteiger charge is 2.30. The maximum absolute atomic E-state index is 12.0. The third-order valence-corrected chi connectivity index (χ3v) is 4.70. The molecule has 3 amide bonds. The minimum absolute atomic E-state index is 0.104. The van der Waals surface area contributed by atoms with Crippen LogP contribution >= 0.6 is 11.8 Å². The molecule has 0 spiro atoms. The first kappa shape index (κ1) is 18.4. The lowest BCUT2D eigenvalue weighted by Crippen LogP contribution is -2.41. The van der Waals surface area contributed by atoms with Gasteiger partial charge in [-0.3, -0.25) is 19.7 Å². The predicted molar refractivity (Wildman–Crippen MR) is 98.6 cm³/mol. The minimum Gasteiger partial charge on any atom is -0.338 e. The Labute approximate surface area is 156 Å². The number of thioether (sulfide) groups is 1. The van der Waals surface area contributed by atoms with Gasteiger partial charge in [0.25, 0.3) is 0 Å². The van der Waals surface area contributed by atoms with Gasteiger partial charge in [-0.05, 0) is 30.9 Å². The number of hydrogen-bond acceptors (Lipinski definition) is 6. The topological polar surface area (TPSA) is 102 Å². The van der Waals surface area contributed by atoms with Gasteiger partial charge < -0.3 is 5.32 Å². The molecule has 8 nitrogen and oxygen atoms in total. The third kappa shape index (κ3) is 4.81. The smallest absolute Gasteiger partial charge is 0.321 e. The molecule has 9 heteroatoms. The number of hydrogen-bond donors (Lipinski definition) is 2. The molecule has 2 N–H and O–H groups in total. The molecular weight excluding hydrogens is 352 g/mol. The van der Waals surface area contributed by atoms with E-state index in [-0.39, 0.29) is 11.7 Å². The van der Waals surface area contributed by atoms with Crippen LogP contribution in [-0.4, -0.2) is 44.0 Å². The molecule has 2 heterocycles. The van der Waals surface area contributed by atoms with Crippen LogP contribution in [0.1, 0.15) is 32.7 Å². The van der Waals surface area contributed by atoms with E-state index >= 15 is 0 Å². The summed E-state index contributed by atoms with van der Waals surface area (Å²) >= 11 is 1.28. The molecule has 1 aliphatic rings. The number of carbonyl (C=O) groups is 2. The van der Waals surface area contributed by atoms with Gasteiger partial charge in [0, 0.05) is 30.5 Å². The second kappa shape index (κ2) is 8.31. The molecule has 0 saturated heterocycles. The van der Waals surface area contributed by atoms with Crippen LogP contribution in [0.4, 0.5) is 4.79 Å². The Morgan fingerprint density at radius 2 is 2.15 bits per heavy atom. The van der Waals surface area contributed by atoms with Gasteiger partial charge in [-0.2, -0.15) is 0 Å². The molecule has 1 fully saturated rings. The van der Waals surface area contributed by atoms with Crippen LogP contribution in [0, 0.1) is 5.92 Å². The number of urea groups is 1. The maximum Gasteiger partial charge on any atom is 0.321 e. The Kier molecular flexibility index (Phi) is 5.87. The number of imide groups is 1. The van der Waals surface area contributed by atoms with Gasteiger partial charge in [0.05, 0.1) is 5.75 Å². The van der Waals surface area contributed by atoms with Crippen LogP contribution in [0.15, 0.2) is 29.7 Å². The zero-order valence-electron chi connectivity index (χ0n) is 14.8. The molecule has 2 aromatic rings. The molecule has 1 saturated carbocycles. The van der Waals surface area contributed by atoms with Crippen LogP contribution in [-0.2, 0) is 4.79 Å². The summed E-state index contributed by atoms with van der Waals surface area (Å²) in [5.41, 5.74) is 0.899. The number of aromatic nitrogens is 4. The molecule has 0 radical (unpaired) electrons. The summed E-state index contributed by atoms with van der Waals surface area (Å²) in [6, 6.07) is 3.69. The summed E-state index contributed by atoms with van der Waals surface area (Å²) in [5, 5.41) is 14.2. The fourth-order valence-corrected chi connectivity index (χ4v) is 3.17. The van der Waals surface area contributed by atoms with Gasteiger partial charge in [0.2, 0.25) is 5.91 Å². The van der Waals surface area contributed by atoms with Crippen molar-refractivity contribution < 1.29 is 9.59 Å². The zero-order chi connectivity index (χ0) is 18.5. The summed E-state index contributed by atoms with van der Waals surface area (Å²) in [6.07, 6.45) is 5.61. The van der Waals surface area contributed by atoms with Crippen molar-refractivity contribution in [1.82, 2.24) is 30.4 Å². The Morgan fingerprint density at radius 3 is 2.81 bits per heavy atom. The second-order valence-electron chi connectivity index (χ2n) is 6.59. The van der Waals surface area contributed by atoms with Gasteiger partial charge in [-0.25, -0.2) is 4.79 Å². The molecule has 26 heavy (non-hydrogen) atoms. The number of nitrogens with zero attached hydrogens (tertiary/aromatic N) is 4. The Morgan fingerprint density at radius 1 is 1.35 bits per heavy atom. The highest BCUT2D eigenvalue weighted by Crippen LogP contribution is 2.40. The molecule has 0 aromatic carbocycles. The molecule has 3 rings (SSSR count). The quantitative estimate of drug-likeness (QED) is 0.721.